The summed E-state index contributed by atoms with van der Waals surface area (Å²) in [6.45, 7) is -0.612. The van der Waals surface area contributed by atoms with Crippen LogP contribution in [0.4, 0.5) is 0 Å². The summed E-state index contributed by atoms with van der Waals surface area (Å²) in [5.74, 6) is -1.04. The van der Waals surface area contributed by atoms with E-state index in [2.05, 4.69) is 0 Å². The Labute approximate surface area is 136 Å². The lowest BCUT2D eigenvalue weighted by Gasteiger charge is -2.39. The zero-order valence-electron chi connectivity index (χ0n) is 12.5. The Balaban J connectivity index is 1.89. The molecule has 2 heterocycles. The van der Waals surface area contributed by atoms with E-state index in [1.165, 1.54) is 6.07 Å². The molecule has 2 aliphatic rings. The molecule has 0 bridgehead atoms. The number of phenolic OH excluding ortho intramolecular Hbond substituents is 1. The number of aryl methyl sites for hydroxylation is 1. The summed E-state index contributed by atoms with van der Waals surface area (Å²) in [6.07, 6.45) is -6.84. The SMILES string of the molecule is O=C1CCc2ccc(O)c(O[C@@H]3O[C@H](CO)[C@@H](O)[C@H](O)[C@H]3O)c2O1. The van der Waals surface area contributed by atoms with Crippen molar-refractivity contribution in [2.45, 2.75) is 43.5 Å². The summed E-state index contributed by atoms with van der Waals surface area (Å²) < 4.78 is 15.7. The van der Waals surface area contributed by atoms with Crippen molar-refractivity contribution in [3.63, 3.8) is 0 Å². The van der Waals surface area contributed by atoms with Gasteiger partial charge in [0.15, 0.2) is 11.5 Å². The van der Waals surface area contributed by atoms with Crippen molar-refractivity contribution in [1.29, 1.82) is 0 Å². The van der Waals surface area contributed by atoms with Gasteiger partial charge in [-0.15, -0.1) is 0 Å². The minimum absolute atomic E-state index is 0.0169. The summed E-state index contributed by atoms with van der Waals surface area (Å²) in [6, 6.07) is 2.93. The topological polar surface area (TPSA) is 146 Å². The lowest BCUT2D eigenvalue weighted by atomic mass is 9.99. The minimum Gasteiger partial charge on any atom is -0.504 e. The number of phenols is 1. The van der Waals surface area contributed by atoms with Crippen LogP contribution in [-0.2, 0) is 16.0 Å². The first kappa shape index (κ1) is 16.9. The molecule has 132 valence electrons. The molecule has 0 spiro atoms. The van der Waals surface area contributed by atoms with Crippen molar-refractivity contribution in [3.8, 4) is 17.2 Å². The smallest absolute Gasteiger partial charge is 0.311 e. The fourth-order valence-corrected chi connectivity index (χ4v) is 2.70. The zero-order valence-corrected chi connectivity index (χ0v) is 12.5. The van der Waals surface area contributed by atoms with E-state index in [1.54, 1.807) is 6.07 Å². The number of fused-ring (bicyclic) bond motifs is 1. The quantitative estimate of drug-likeness (QED) is 0.324. The van der Waals surface area contributed by atoms with Gasteiger partial charge in [-0.05, 0) is 18.1 Å². The number of benzene rings is 1. The van der Waals surface area contributed by atoms with Crippen LogP contribution >= 0.6 is 0 Å². The molecule has 0 unspecified atom stereocenters. The maximum atomic E-state index is 11.5. The molecule has 1 aromatic rings. The van der Waals surface area contributed by atoms with Crippen molar-refractivity contribution < 1.29 is 44.5 Å². The predicted molar refractivity (Wildman–Crippen MR) is 76.5 cm³/mol. The molecule has 24 heavy (non-hydrogen) atoms. The molecule has 0 radical (unpaired) electrons. The van der Waals surface area contributed by atoms with Crippen LogP contribution in [0, 0.1) is 0 Å². The van der Waals surface area contributed by atoms with Crippen molar-refractivity contribution in [3.05, 3.63) is 17.7 Å². The fraction of sp³-hybridized carbons (Fsp3) is 0.533. The summed E-state index contributed by atoms with van der Waals surface area (Å²) in [4.78, 5) is 11.5. The fourth-order valence-electron chi connectivity index (χ4n) is 2.70. The molecule has 1 fully saturated rings. The van der Waals surface area contributed by atoms with Gasteiger partial charge in [0.25, 0.3) is 0 Å². The molecule has 9 nitrogen and oxygen atoms in total. The van der Waals surface area contributed by atoms with Gasteiger partial charge in [-0.3, -0.25) is 4.79 Å². The lowest BCUT2D eigenvalue weighted by Crippen LogP contribution is -2.60. The van der Waals surface area contributed by atoms with Gasteiger partial charge in [0.2, 0.25) is 12.0 Å². The van der Waals surface area contributed by atoms with Crippen LogP contribution < -0.4 is 9.47 Å². The first-order valence-corrected chi connectivity index (χ1v) is 7.45. The van der Waals surface area contributed by atoms with E-state index in [9.17, 15) is 30.3 Å². The molecule has 0 saturated carbocycles. The Bertz CT molecular complexity index is 630. The zero-order chi connectivity index (χ0) is 17.4. The van der Waals surface area contributed by atoms with Gasteiger partial charge in [0.05, 0.1) is 13.0 Å². The normalized spacial score (nSPS) is 32.8. The highest BCUT2D eigenvalue weighted by atomic mass is 16.7. The van der Waals surface area contributed by atoms with Crippen LogP contribution in [0.15, 0.2) is 12.1 Å². The summed E-state index contributed by atoms with van der Waals surface area (Å²) in [7, 11) is 0. The van der Waals surface area contributed by atoms with Crippen LogP contribution in [0.3, 0.4) is 0 Å². The van der Waals surface area contributed by atoms with Crippen molar-refractivity contribution in [1.82, 2.24) is 0 Å². The molecule has 9 heteroatoms. The Hall–Kier alpha value is -1.91. The number of hydrogen-bond donors (Lipinski definition) is 5. The minimum atomic E-state index is -1.64. The highest BCUT2D eigenvalue weighted by molar-refractivity contribution is 5.77. The maximum Gasteiger partial charge on any atom is 0.311 e. The van der Waals surface area contributed by atoms with Crippen LogP contribution in [0.25, 0.3) is 0 Å². The molecule has 0 amide bonds. The first-order chi connectivity index (χ1) is 11.4. The first-order valence-electron chi connectivity index (χ1n) is 7.45. The molecule has 0 aliphatic carbocycles. The van der Waals surface area contributed by atoms with Gasteiger partial charge < -0.3 is 39.7 Å². The Morgan fingerprint density at radius 2 is 1.88 bits per heavy atom. The number of ether oxygens (including phenoxy) is 3. The maximum absolute atomic E-state index is 11.5. The number of carbonyl (C=O) groups is 1. The van der Waals surface area contributed by atoms with E-state index in [-0.39, 0.29) is 23.7 Å². The number of aromatic hydroxyl groups is 1. The number of carbonyl (C=O) groups excluding carboxylic acids is 1. The highest BCUT2D eigenvalue weighted by Crippen LogP contribution is 2.43. The molecule has 2 aliphatic heterocycles. The Morgan fingerprint density at radius 1 is 1.12 bits per heavy atom. The van der Waals surface area contributed by atoms with Crippen molar-refractivity contribution in [2.24, 2.45) is 0 Å². The van der Waals surface area contributed by atoms with E-state index in [4.69, 9.17) is 14.2 Å². The summed E-state index contributed by atoms with van der Waals surface area (Å²) in [5, 5.41) is 48.7. The molecule has 1 saturated heterocycles. The second-order valence-corrected chi connectivity index (χ2v) is 5.69. The predicted octanol–water partition coefficient (Wildman–Crippen LogP) is -1.58. The van der Waals surface area contributed by atoms with Gasteiger partial charge in [0, 0.05) is 0 Å². The monoisotopic (exact) mass is 342 g/mol. The third kappa shape index (κ3) is 2.92. The molecule has 0 aromatic heterocycles. The van der Waals surface area contributed by atoms with Gasteiger partial charge in [-0.2, -0.15) is 0 Å². The number of esters is 1. The Kier molecular flexibility index (Phi) is 4.61. The van der Waals surface area contributed by atoms with Crippen LogP contribution in [0.2, 0.25) is 0 Å². The molecule has 1 aromatic carbocycles. The van der Waals surface area contributed by atoms with Crippen molar-refractivity contribution in [2.75, 3.05) is 6.61 Å². The van der Waals surface area contributed by atoms with Crippen LogP contribution in [0.1, 0.15) is 12.0 Å². The van der Waals surface area contributed by atoms with Crippen molar-refractivity contribution >= 4 is 5.97 Å². The molecular formula is C15H18O9. The summed E-state index contributed by atoms with van der Waals surface area (Å²) in [5.41, 5.74) is 0.631. The van der Waals surface area contributed by atoms with E-state index in [1.807, 2.05) is 0 Å². The second-order valence-electron chi connectivity index (χ2n) is 5.69. The number of hydrogen-bond acceptors (Lipinski definition) is 9. The number of aliphatic hydroxyl groups excluding tert-OH is 4. The third-order valence-corrected chi connectivity index (χ3v) is 4.07. The third-order valence-electron chi connectivity index (χ3n) is 4.07. The summed E-state index contributed by atoms with van der Waals surface area (Å²) >= 11 is 0. The van der Waals surface area contributed by atoms with E-state index in [0.29, 0.717) is 12.0 Å². The Morgan fingerprint density at radius 3 is 2.58 bits per heavy atom. The van der Waals surface area contributed by atoms with Crippen LogP contribution in [-0.4, -0.2) is 68.8 Å². The van der Waals surface area contributed by atoms with Gasteiger partial charge >= 0.3 is 5.97 Å². The lowest BCUT2D eigenvalue weighted by molar-refractivity contribution is -0.277. The van der Waals surface area contributed by atoms with E-state index < -0.39 is 43.3 Å². The average Bonchev–Trinajstić information content (AvgIpc) is 2.57. The second kappa shape index (κ2) is 6.54. The number of aliphatic hydroxyl groups is 4. The van der Waals surface area contributed by atoms with E-state index >= 15 is 0 Å². The molecule has 5 N–H and O–H groups in total. The average molecular weight is 342 g/mol. The molecular weight excluding hydrogens is 324 g/mol. The van der Waals surface area contributed by atoms with Crippen LogP contribution in [0.5, 0.6) is 17.2 Å². The van der Waals surface area contributed by atoms with Gasteiger partial charge in [0.1, 0.15) is 24.4 Å². The molecule has 3 rings (SSSR count). The largest absolute Gasteiger partial charge is 0.504 e. The van der Waals surface area contributed by atoms with Gasteiger partial charge in [-0.1, -0.05) is 6.07 Å². The van der Waals surface area contributed by atoms with E-state index in [0.717, 1.165) is 0 Å². The molecule has 5 atom stereocenters. The number of rotatable bonds is 3. The van der Waals surface area contributed by atoms with Gasteiger partial charge in [-0.25, -0.2) is 0 Å². The standard InChI is InChI=1S/C15H18O9/c16-5-8-10(19)11(20)12(21)15(22-8)24-14-7(17)3-1-6-2-4-9(18)23-13(6)14/h1,3,8,10-12,15-17,19-21H,2,4-5H2/t8-,10-,11+,12-,15+/m1/s1. The highest BCUT2D eigenvalue weighted by Gasteiger charge is 2.45.